The Labute approximate surface area is 154 Å². The highest BCUT2D eigenvalue weighted by atomic mass is 79.9. The SMILES string of the molecule is COCC(=O)N1CCCc2ccc(NC(=O)c3cncc(Br)c3)cc21. The second kappa shape index (κ2) is 7.76. The van der Waals surface area contributed by atoms with Gasteiger partial charge in [-0.1, -0.05) is 6.07 Å². The Kier molecular flexibility index (Phi) is 5.45. The average Bonchev–Trinajstić information content (AvgIpc) is 2.61. The molecule has 0 spiro atoms. The number of nitrogens with zero attached hydrogens (tertiary/aromatic N) is 2. The van der Waals surface area contributed by atoms with Crippen molar-refractivity contribution in [3.05, 3.63) is 52.3 Å². The maximum absolute atomic E-state index is 12.4. The van der Waals surface area contributed by atoms with Crippen LogP contribution in [0.5, 0.6) is 0 Å². The first-order chi connectivity index (χ1) is 12.1. The zero-order chi connectivity index (χ0) is 17.8. The first-order valence-corrected chi connectivity index (χ1v) is 8.72. The molecule has 25 heavy (non-hydrogen) atoms. The smallest absolute Gasteiger partial charge is 0.257 e. The Morgan fingerprint density at radius 3 is 2.92 bits per heavy atom. The molecule has 0 atom stereocenters. The van der Waals surface area contributed by atoms with Crippen molar-refractivity contribution in [1.82, 2.24) is 4.98 Å². The minimum atomic E-state index is -0.251. The van der Waals surface area contributed by atoms with E-state index in [4.69, 9.17) is 4.74 Å². The third-order valence-electron chi connectivity index (χ3n) is 4.00. The maximum Gasteiger partial charge on any atom is 0.257 e. The van der Waals surface area contributed by atoms with Crippen molar-refractivity contribution in [3.63, 3.8) is 0 Å². The summed E-state index contributed by atoms with van der Waals surface area (Å²) in [4.78, 5) is 30.4. The van der Waals surface area contributed by atoms with Crippen LogP contribution < -0.4 is 10.2 Å². The van der Waals surface area contributed by atoms with Gasteiger partial charge in [0.1, 0.15) is 6.61 Å². The summed E-state index contributed by atoms with van der Waals surface area (Å²) in [5.74, 6) is -0.331. The Morgan fingerprint density at radius 2 is 2.16 bits per heavy atom. The highest BCUT2D eigenvalue weighted by molar-refractivity contribution is 9.10. The molecule has 0 radical (unpaired) electrons. The number of amides is 2. The van der Waals surface area contributed by atoms with Gasteiger partial charge in [0.25, 0.3) is 11.8 Å². The van der Waals surface area contributed by atoms with Crippen LogP contribution in [-0.2, 0) is 16.0 Å². The lowest BCUT2D eigenvalue weighted by Crippen LogP contribution is -2.37. The lowest BCUT2D eigenvalue weighted by Gasteiger charge is -2.29. The zero-order valence-electron chi connectivity index (χ0n) is 13.8. The topological polar surface area (TPSA) is 71.5 Å². The second-order valence-corrected chi connectivity index (χ2v) is 6.69. The standard InChI is InChI=1S/C18H18BrN3O3/c1-25-11-17(23)22-6-2-3-12-4-5-15(8-16(12)22)21-18(24)13-7-14(19)10-20-9-13/h4-5,7-10H,2-3,6,11H2,1H3,(H,21,24). The molecule has 2 heterocycles. The highest BCUT2D eigenvalue weighted by Gasteiger charge is 2.23. The predicted molar refractivity (Wildman–Crippen MR) is 98.9 cm³/mol. The third kappa shape index (κ3) is 4.05. The molecule has 2 aromatic rings. The number of fused-ring (bicyclic) bond motifs is 1. The van der Waals surface area contributed by atoms with Gasteiger partial charge < -0.3 is 15.0 Å². The van der Waals surface area contributed by atoms with E-state index in [1.54, 1.807) is 17.2 Å². The molecule has 0 saturated heterocycles. The number of carbonyl (C=O) groups excluding carboxylic acids is 2. The van der Waals surface area contributed by atoms with E-state index in [9.17, 15) is 9.59 Å². The van der Waals surface area contributed by atoms with E-state index in [1.807, 2.05) is 18.2 Å². The van der Waals surface area contributed by atoms with Crippen LogP contribution in [0.3, 0.4) is 0 Å². The minimum absolute atomic E-state index is 0.0414. The maximum atomic E-state index is 12.4. The minimum Gasteiger partial charge on any atom is -0.375 e. The van der Waals surface area contributed by atoms with E-state index < -0.39 is 0 Å². The Morgan fingerprint density at radius 1 is 1.32 bits per heavy atom. The quantitative estimate of drug-likeness (QED) is 0.851. The van der Waals surface area contributed by atoms with Crippen LogP contribution in [0, 0.1) is 0 Å². The van der Waals surface area contributed by atoms with Gasteiger partial charge in [0.05, 0.1) is 5.56 Å². The van der Waals surface area contributed by atoms with Crippen molar-refractivity contribution < 1.29 is 14.3 Å². The first kappa shape index (κ1) is 17.6. The average molecular weight is 404 g/mol. The molecule has 2 amide bonds. The van der Waals surface area contributed by atoms with Crippen molar-refractivity contribution in [1.29, 1.82) is 0 Å². The van der Waals surface area contributed by atoms with E-state index in [0.717, 1.165) is 28.6 Å². The molecule has 3 rings (SSSR count). The van der Waals surface area contributed by atoms with Gasteiger partial charge in [0.2, 0.25) is 0 Å². The second-order valence-electron chi connectivity index (χ2n) is 5.77. The number of ether oxygens (including phenoxy) is 1. The molecule has 6 nitrogen and oxygen atoms in total. The van der Waals surface area contributed by atoms with Crippen molar-refractivity contribution >= 4 is 39.1 Å². The fraction of sp³-hybridized carbons (Fsp3) is 0.278. The molecule has 0 unspecified atom stereocenters. The van der Waals surface area contributed by atoms with Crippen LogP contribution in [0.4, 0.5) is 11.4 Å². The number of rotatable bonds is 4. The first-order valence-electron chi connectivity index (χ1n) is 7.92. The van der Waals surface area contributed by atoms with Crippen molar-refractivity contribution in [3.8, 4) is 0 Å². The van der Waals surface area contributed by atoms with Crippen molar-refractivity contribution in [2.45, 2.75) is 12.8 Å². The molecule has 1 aliphatic rings. The fourth-order valence-corrected chi connectivity index (χ4v) is 3.22. The number of aryl methyl sites for hydroxylation is 1. The molecule has 7 heteroatoms. The summed E-state index contributed by atoms with van der Waals surface area (Å²) in [6.45, 7) is 0.696. The van der Waals surface area contributed by atoms with E-state index >= 15 is 0 Å². The molecule has 0 fully saturated rings. The fourth-order valence-electron chi connectivity index (χ4n) is 2.85. The summed E-state index contributed by atoms with van der Waals surface area (Å²) in [5, 5.41) is 2.86. The van der Waals surface area contributed by atoms with E-state index in [-0.39, 0.29) is 18.4 Å². The molecular formula is C18H18BrN3O3. The van der Waals surface area contributed by atoms with E-state index in [2.05, 4.69) is 26.2 Å². The van der Waals surface area contributed by atoms with Gasteiger partial charge in [-0.3, -0.25) is 14.6 Å². The van der Waals surface area contributed by atoms with Gasteiger partial charge >= 0.3 is 0 Å². The molecular weight excluding hydrogens is 386 g/mol. The number of pyridine rings is 1. The molecule has 0 bridgehead atoms. The van der Waals surface area contributed by atoms with E-state index in [0.29, 0.717) is 17.8 Å². The summed E-state index contributed by atoms with van der Waals surface area (Å²) < 4.78 is 5.70. The predicted octanol–water partition coefficient (Wildman–Crippen LogP) is 3.02. The number of hydrogen-bond donors (Lipinski definition) is 1. The number of anilines is 2. The normalized spacial score (nSPS) is 13.3. The Hall–Kier alpha value is -2.25. The lowest BCUT2D eigenvalue weighted by atomic mass is 10.0. The molecule has 0 saturated carbocycles. The van der Waals surface area contributed by atoms with Gasteiger partial charge in [-0.05, 0) is 52.5 Å². The van der Waals surface area contributed by atoms with Crippen molar-refractivity contribution in [2.75, 3.05) is 30.5 Å². The van der Waals surface area contributed by atoms with Gasteiger partial charge in [0, 0.05) is 41.9 Å². The molecule has 1 aromatic heterocycles. The number of carbonyl (C=O) groups is 2. The van der Waals surface area contributed by atoms with Gasteiger partial charge in [0.15, 0.2) is 0 Å². The molecule has 1 N–H and O–H groups in total. The number of aromatic nitrogens is 1. The van der Waals surface area contributed by atoms with Crippen LogP contribution in [0.2, 0.25) is 0 Å². The highest BCUT2D eigenvalue weighted by Crippen LogP contribution is 2.30. The number of benzene rings is 1. The van der Waals surface area contributed by atoms with Crippen molar-refractivity contribution in [2.24, 2.45) is 0 Å². The number of nitrogens with one attached hydrogen (secondary N) is 1. The van der Waals surface area contributed by atoms with Gasteiger partial charge in [-0.25, -0.2) is 0 Å². The summed E-state index contributed by atoms with van der Waals surface area (Å²) in [6.07, 6.45) is 4.95. The number of methoxy groups -OCH3 is 1. The van der Waals surface area contributed by atoms with E-state index in [1.165, 1.54) is 13.3 Å². The number of halogens is 1. The zero-order valence-corrected chi connectivity index (χ0v) is 15.4. The van der Waals surface area contributed by atoms with Crippen LogP contribution >= 0.6 is 15.9 Å². The molecule has 0 aliphatic carbocycles. The Bertz CT molecular complexity index is 810. The van der Waals surface area contributed by atoms with Crippen LogP contribution in [0.1, 0.15) is 22.3 Å². The van der Waals surface area contributed by atoms with Crippen LogP contribution in [0.25, 0.3) is 0 Å². The Balaban J connectivity index is 1.83. The van der Waals surface area contributed by atoms with Gasteiger partial charge in [-0.2, -0.15) is 0 Å². The molecule has 130 valence electrons. The largest absolute Gasteiger partial charge is 0.375 e. The lowest BCUT2D eigenvalue weighted by molar-refractivity contribution is -0.122. The third-order valence-corrected chi connectivity index (χ3v) is 4.43. The summed E-state index contributed by atoms with van der Waals surface area (Å²) in [6, 6.07) is 7.35. The van der Waals surface area contributed by atoms with Crippen LogP contribution in [0.15, 0.2) is 41.1 Å². The molecule has 1 aromatic carbocycles. The summed E-state index contributed by atoms with van der Waals surface area (Å²) in [7, 11) is 1.51. The monoisotopic (exact) mass is 403 g/mol. The summed E-state index contributed by atoms with van der Waals surface area (Å²) >= 11 is 3.31. The number of hydrogen-bond acceptors (Lipinski definition) is 4. The van der Waals surface area contributed by atoms with Gasteiger partial charge in [-0.15, -0.1) is 0 Å². The summed E-state index contributed by atoms with van der Waals surface area (Å²) in [5.41, 5.74) is 3.02. The van der Waals surface area contributed by atoms with Crippen LogP contribution in [-0.4, -0.2) is 37.1 Å². The molecule has 1 aliphatic heterocycles.